The van der Waals surface area contributed by atoms with Crippen LogP contribution in [0.2, 0.25) is 0 Å². The summed E-state index contributed by atoms with van der Waals surface area (Å²) >= 11 is 0. The highest BCUT2D eigenvalue weighted by Crippen LogP contribution is 2.35. The highest BCUT2D eigenvalue weighted by molar-refractivity contribution is 6.03. The van der Waals surface area contributed by atoms with Crippen molar-refractivity contribution in [2.45, 2.75) is 20.8 Å². The van der Waals surface area contributed by atoms with Crippen molar-refractivity contribution >= 4 is 5.78 Å². The van der Waals surface area contributed by atoms with E-state index in [9.17, 15) is 4.79 Å². The van der Waals surface area contributed by atoms with Crippen LogP contribution < -0.4 is 19.5 Å². The van der Waals surface area contributed by atoms with E-state index in [4.69, 9.17) is 14.2 Å². The molecule has 0 spiro atoms. The number of carbonyl (C=O) groups is 1. The van der Waals surface area contributed by atoms with Crippen LogP contribution in [0.3, 0.4) is 0 Å². The number of rotatable bonds is 9. The first-order chi connectivity index (χ1) is 11.7. The lowest BCUT2D eigenvalue weighted by molar-refractivity contribution is 0.0913. The molecule has 1 aromatic rings. The molecular formula is C18H28N2O4. The molecule has 0 atom stereocenters. The van der Waals surface area contributed by atoms with Crippen molar-refractivity contribution in [2.24, 2.45) is 0 Å². The van der Waals surface area contributed by atoms with Gasteiger partial charge in [-0.1, -0.05) is 0 Å². The van der Waals surface area contributed by atoms with Crippen molar-refractivity contribution in [2.75, 3.05) is 52.5 Å². The molecule has 6 nitrogen and oxygen atoms in total. The van der Waals surface area contributed by atoms with Gasteiger partial charge in [-0.15, -0.1) is 0 Å². The minimum Gasteiger partial charge on any atom is -0.494 e. The Morgan fingerprint density at radius 1 is 1.00 bits per heavy atom. The van der Waals surface area contributed by atoms with E-state index in [0.29, 0.717) is 49.2 Å². The molecule has 0 amide bonds. The summed E-state index contributed by atoms with van der Waals surface area (Å²) in [6, 6.07) is 3.56. The molecule has 0 bridgehead atoms. The Labute approximate surface area is 144 Å². The number of piperazine rings is 1. The molecule has 1 aliphatic rings. The molecule has 1 N–H and O–H groups in total. The number of ether oxygens (including phenoxy) is 3. The van der Waals surface area contributed by atoms with E-state index in [-0.39, 0.29) is 5.78 Å². The zero-order valence-electron chi connectivity index (χ0n) is 14.9. The first-order valence-electron chi connectivity index (χ1n) is 8.72. The SMILES string of the molecule is CCOc1cc(OCC)c(C(=O)CN2CCNCC2)c(OCC)c1. The molecule has 1 aliphatic heterocycles. The number of ketones is 1. The summed E-state index contributed by atoms with van der Waals surface area (Å²) in [5.74, 6) is 1.74. The number of Topliss-reactive ketones (excluding diaryl/α,β-unsaturated/α-hetero) is 1. The van der Waals surface area contributed by atoms with Gasteiger partial charge in [-0.25, -0.2) is 0 Å². The molecule has 1 saturated heterocycles. The summed E-state index contributed by atoms with van der Waals surface area (Å²) in [5, 5.41) is 3.29. The van der Waals surface area contributed by atoms with E-state index >= 15 is 0 Å². The van der Waals surface area contributed by atoms with Crippen LogP contribution in [0.5, 0.6) is 17.2 Å². The summed E-state index contributed by atoms with van der Waals surface area (Å²) in [4.78, 5) is 15.1. The third-order valence-corrected chi connectivity index (χ3v) is 3.81. The molecular weight excluding hydrogens is 308 g/mol. The maximum atomic E-state index is 12.9. The predicted octanol–water partition coefficient (Wildman–Crippen LogP) is 1.97. The normalized spacial score (nSPS) is 15.1. The molecule has 2 rings (SSSR count). The average molecular weight is 336 g/mol. The second-order valence-corrected chi connectivity index (χ2v) is 5.54. The third kappa shape index (κ3) is 4.85. The number of nitrogens with zero attached hydrogens (tertiary/aromatic N) is 1. The average Bonchev–Trinajstić information content (AvgIpc) is 2.56. The Balaban J connectivity index is 2.30. The van der Waals surface area contributed by atoms with Crippen molar-refractivity contribution in [1.82, 2.24) is 10.2 Å². The Bertz CT molecular complexity index is 515. The molecule has 0 saturated carbocycles. The monoisotopic (exact) mass is 336 g/mol. The van der Waals surface area contributed by atoms with Gasteiger partial charge < -0.3 is 19.5 Å². The van der Waals surface area contributed by atoms with Crippen LogP contribution in [0, 0.1) is 0 Å². The Morgan fingerprint density at radius 3 is 2.04 bits per heavy atom. The largest absolute Gasteiger partial charge is 0.494 e. The third-order valence-electron chi connectivity index (χ3n) is 3.81. The zero-order chi connectivity index (χ0) is 17.4. The number of hydrogen-bond acceptors (Lipinski definition) is 6. The molecule has 1 heterocycles. The quantitative estimate of drug-likeness (QED) is 0.696. The van der Waals surface area contributed by atoms with E-state index in [0.717, 1.165) is 26.2 Å². The lowest BCUT2D eigenvalue weighted by Crippen LogP contribution is -2.45. The first kappa shape index (κ1) is 18.5. The molecule has 1 fully saturated rings. The smallest absolute Gasteiger partial charge is 0.184 e. The zero-order valence-corrected chi connectivity index (χ0v) is 14.9. The summed E-state index contributed by atoms with van der Waals surface area (Å²) in [5.41, 5.74) is 0.515. The van der Waals surface area contributed by atoms with Gasteiger partial charge in [0, 0.05) is 38.3 Å². The summed E-state index contributed by atoms with van der Waals surface area (Å²) in [6.07, 6.45) is 0. The molecule has 24 heavy (non-hydrogen) atoms. The summed E-state index contributed by atoms with van der Waals surface area (Å²) in [7, 11) is 0. The van der Waals surface area contributed by atoms with Gasteiger partial charge in [0.1, 0.15) is 22.8 Å². The molecule has 6 heteroatoms. The lowest BCUT2D eigenvalue weighted by atomic mass is 10.1. The van der Waals surface area contributed by atoms with E-state index in [1.807, 2.05) is 20.8 Å². The number of carbonyl (C=O) groups excluding carboxylic acids is 1. The van der Waals surface area contributed by atoms with Crippen molar-refractivity contribution in [3.63, 3.8) is 0 Å². The maximum Gasteiger partial charge on any atom is 0.184 e. The number of benzene rings is 1. The Kier molecular flexibility index (Phi) is 7.34. The Morgan fingerprint density at radius 2 is 1.54 bits per heavy atom. The first-order valence-corrected chi connectivity index (χ1v) is 8.72. The van der Waals surface area contributed by atoms with Crippen molar-refractivity contribution < 1.29 is 19.0 Å². The molecule has 134 valence electrons. The van der Waals surface area contributed by atoms with Crippen LogP contribution in [-0.4, -0.2) is 63.2 Å². The second kappa shape index (κ2) is 9.49. The van der Waals surface area contributed by atoms with Crippen LogP contribution >= 0.6 is 0 Å². The maximum absolute atomic E-state index is 12.9. The molecule has 0 unspecified atom stereocenters. The molecule has 0 aliphatic carbocycles. The molecule has 0 aromatic heterocycles. The fourth-order valence-electron chi connectivity index (χ4n) is 2.78. The van der Waals surface area contributed by atoms with Crippen LogP contribution in [0.4, 0.5) is 0 Å². The van der Waals surface area contributed by atoms with E-state index < -0.39 is 0 Å². The lowest BCUT2D eigenvalue weighted by Gasteiger charge is -2.27. The fourth-order valence-corrected chi connectivity index (χ4v) is 2.78. The minimum atomic E-state index is 0.0202. The van der Waals surface area contributed by atoms with Crippen LogP contribution in [-0.2, 0) is 0 Å². The Hall–Kier alpha value is -1.79. The number of hydrogen-bond donors (Lipinski definition) is 1. The topological polar surface area (TPSA) is 60.0 Å². The fraction of sp³-hybridized carbons (Fsp3) is 0.611. The molecule has 1 aromatic carbocycles. The van der Waals surface area contributed by atoms with Gasteiger partial charge in [0.25, 0.3) is 0 Å². The minimum absolute atomic E-state index is 0.0202. The van der Waals surface area contributed by atoms with Gasteiger partial charge in [0.05, 0.1) is 26.4 Å². The highest BCUT2D eigenvalue weighted by atomic mass is 16.5. The van der Waals surface area contributed by atoms with Crippen LogP contribution in [0.1, 0.15) is 31.1 Å². The van der Waals surface area contributed by atoms with E-state index in [2.05, 4.69) is 10.2 Å². The standard InChI is InChI=1S/C18H28N2O4/c1-4-22-14-11-16(23-5-2)18(17(12-14)24-6-3)15(21)13-20-9-7-19-8-10-20/h11-12,19H,4-10,13H2,1-3H3. The van der Waals surface area contributed by atoms with E-state index in [1.165, 1.54) is 0 Å². The second-order valence-electron chi connectivity index (χ2n) is 5.54. The van der Waals surface area contributed by atoms with Gasteiger partial charge in [0.15, 0.2) is 5.78 Å². The highest BCUT2D eigenvalue weighted by Gasteiger charge is 2.23. The molecule has 0 radical (unpaired) electrons. The van der Waals surface area contributed by atoms with Crippen molar-refractivity contribution in [3.05, 3.63) is 17.7 Å². The number of nitrogens with one attached hydrogen (secondary N) is 1. The summed E-state index contributed by atoms with van der Waals surface area (Å²) < 4.78 is 17.0. The summed E-state index contributed by atoms with van der Waals surface area (Å²) in [6.45, 7) is 11.2. The van der Waals surface area contributed by atoms with Crippen LogP contribution in [0.15, 0.2) is 12.1 Å². The van der Waals surface area contributed by atoms with Gasteiger partial charge in [-0.05, 0) is 20.8 Å². The van der Waals surface area contributed by atoms with Gasteiger partial charge in [-0.3, -0.25) is 9.69 Å². The van der Waals surface area contributed by atoms with Crippen molar-refractivity contribution in [1.29, 1.82) is 0 Å². The van der Waals surface area contributed by atoms with E-state index in [1.54, 1.807) is 12.1 Å². The van der Waals surface area contributed by atoms with Crippen molar-refractivity contribution in [3.8, 4) is 17.2 Å². The van der Waals surface area contributed by atoms with Gasteiger partial charge in [-0.2, -0.15) is 0 Å². The predicted molar refractivity (Wildman–Crippen MR) is 93.6 cm³/mol. The van der Waals surface area contributed by atoms with Gasteiger partial charge in [0.2, 0.25) is 0 Å². The van der Waals surface area contributed by atoms with Gasteiger partial charge >= 0.3 is 0 Å². The van der Waals surface area contributed by atoms with Crippen LogP contribution in [0.25, 0.3) is 0 Å².